The molecule has 1 saturated carbocycles. The van der Waals surface area contributed by atoms with Gasteiger partial charge in [0.05, 0.1) is 19.8 Å². The molecule has 1 aliphatic carbocycles. The monoisotopic (exact) mass is 1090 g/mol. The fraction of sp³-hybridized carbons (Fsp3) is 0.424. The number of hydrogen-bond acceptors (Lipinski definition) is 17. The summed E-state index contributed by atoms with van der Waals surface area (Å²) in [6.45, 7) is 31.3. The van der Waals surface area contributed by atoms with Gasteiger partial charge >= 0.3 is 17.9 Å². The van der Waals surface area contributed by atoms with Crippen LogP contribution in [0.25, 0.3) is 31.7 Å². The average molecular weight is 1090 g/mol. The van der Waals surface area contributed by atoms with E-state index < -0.39 is 34.7 Å². The molecule has 0 atom stereocenters. The molecule has 0 bridgehead atoms. The Hall–Kier alpha value is -6.56. The molecule has 1 aliphatic rings. The van der Waals surface area contributed by atoms with Gasteiger partial charge in [-0.1, -0.05) is 19.9 Å². The van der Waals surface area contributed by atoms with Crippen LogP contribution < -0.4 is 14.2 Å². The molecule has 76 heavy (non-hydrogen) atoms. The summed E-state index contributed by atoms with van der Waals surface area (Å²) in [4.78, 5) is 77.7. The number of aromatic nitrogens is 3. The fourth-order valence-corrected chi connectivity index (χ4v) is 10.0. The van der Waals surface area contributed by atoms with Gasteiger partial charge in [0.15, 0.2) is 28.6 Å². The molecule has 0 spiro atoms. The molecular formula is C59H71N3O11S3. The Morgan fingerprint density at radius 2 is 0.868 bits per heavy atom. The van der Waals surface area contributed by atoms with Gasteiger partial charge in [-0.25, -0.2) is 29.3 Å². The topological polar surface area (TPSA) is 179 Å². The van der Waals surface area contributed by atoms with Crippen LogP contribution in [0.4, 0.5) is 0 Å². The van der Waals surface area contributed by atoms with Crippen LogP contribution in [0.2, 0.25) is 0 Å². The SMILES string of the molecule is C=CCc1sc(-c2ccc(OCC)cc2)nc1C(=O)OC(C)(C)C.CCOc1ccc(-c2nc(C(=O)OC(C)(C)C)c(C(=O)C(C)C)s2)cc1.CCOc1ccc(-c2nc(C(=O)OC(C)(C)C)c(C(=O)C3CC3)s2)cc1. The lowest BCUT2D eigenvalue weighted by molar-refractivity contribution is 0.00503. The third kappa shape index (κ3) is 17.8. The van der Waals surface area contributed by atoms with Crippen molar-refractivity contribution in [2.24, 2.45) is 11.8 Å². The van der Waals surface area contributed by atoms with Crippen LogP contribution in [0.5, 0.6) is 17.2 Å². The van der Waals surface area contributed by atoms with Crippen molar-refractivity contribution < 1.29 is 52.4 Å². The predicted molar refractivity (Wildman–Crippen MR) is 302 cm³/mol. The molecule has 0 N–H and O–H groups in total. The minimum atomic E-state index is -0.655. The van der Waals surface area contributed by atoms with E-state index in [-0.39, 0.29) is 34.8 Å². The van der Waals surface area contributed by atoms with Gasteiger partial charge < -0.3 is 28.4 Å². The second kappa shape index (κ2) is 26.5. The molecule has 7 rings (SSSR count). The van der Waals surface area contributed by atoms with Crippen molar-refractivity contribution in [1.29, 1.82) is 0 Å². The zero-order valence-corrected chi connectivity index (χ0v) is 48.6. The number of Topliss-reactive ketones (excluding diaryl/α,β-unsaturated/α-hetero) is 2. The summed E-state index contributed by atoms with van der Waals surface area (Å²) < 4.78 is 32.7. The molecule has 3 aromatic carbocycles. The van der Waals surface area contributed by atoms with Gasteiger partial charge in [-0.05, 0) is 169 Å². The van der Waals surface area contributed by atoms with E-state index in [0.717, 1.165) is 56.7 Å². The van der Waals surface area contributed by atoms with Gasteiger partial charge in [0, 0.05) is 39.8 Å². The van der Waals surface area contributed by atoms with E-state index in [2.05, 4.69) is 21.5 Å². The maximum absolute atomic E-state index is 12.6. The number of esters is 3. The summed E-state index contributed by atoms with van der Waals surface area (Å²) in [6.07, 6.45) is 4.11. The van der Waals surface area contributed by atoms with E-state index in [0.29, 0.717) is 51.7 Å². The molecule has 14 nitrogen and oxygen atoms in total. The Bertz CT molecular complexity index is 2820. The predicted octanol–water partition coefficient (Wildman–Crippen LogP) is 14.7. The highest BCUT2D eigenvalue weighted by molar-refractivity contribution is 7.17. The maximum Gasteiger partial charge on any atom is 0.359 e. The van der Waals surface area contributed by atoms with Gasteiger partial charge in [0.1, 0.15) is 58.8 Å². The first-order chi connectivity index (χ1) is 35.7. The second-order valence-corrected chi connectivity index (χ2v) is 23.8. The summed E-state index contributed by atoms with van der Waals surface area (Å²) in [5.74, 6) is 0.512. The number of carbonyl (C=O) groups is 5. The van der Waals surface area contributed by atoms with Gasteiger partial charge in [-0.15, -0.1) is 40.6 Å². The fourth-order valence-electron chi connectivity index (χ4n) is 6.76. The van der Waals surface area contributed by atoms with Crippen molar-refractivity contribution in [1.82, 2.24) is 15.0 Å². The Kier molecular flexibility index (Phi) is 21.0. The standard InChI is InChI=1S/C20H23NO4S.C20H25NO4S.C19H23NO3S/c1-5-24-14-10-8-13(9-11-14)18-21-15(19(23)25-20(2,3)4)17(26-18)16(22)12-6-7-12;1-7-24-14-10-8-13(9-11-14)18-21-15(19(23)25-20(4,5)6)17(26-18)16(22)12(2)3;1-6-8-15-16(18(21)23-19(3,4)5)20-17(24-15)13-9-11-14(12-10-13)22-7-2/h8-12H,5-7H2,1-4H3;8-12H,7H2,1-6H3;6,9-12H,1,7-8H2,2-5H3. The lowest BCUT2D eigenvalue weighted by atomic mass is 10.1. The number of benzene rings is 3. The Labute approximate surface area is 459 Å². The molecule has 1 fully saturated rings. The number of hydrogen-bond donors (Lipinski definition) is 0. The summed E-state index contributed by atoms with van der Waals surface area (Å²) in [5.41, 5.74) is 1.37. The van der Waals surface area contributed by atoms with Gasteiger partial charge in [-0.3, -0.25) is 9.59 Å². The van der Waals surface area contributed by atoms with Gasteiger partial charge in [-0.2, -0.15) is 0 Å². The van der Waals surface area contributed by atoms with Crippen LogP contribution in [0.3, 0.4) is 0 Å². The van der Waals surface area contributed by atoms with Gasteiger partial charge in [0.25, 0.3) is 0 Å². The molecule has 0 radical (unpaired) electrons. The third-order valence-electron chi connectivity index (χ3n) is 10.2. The average Bonchev–Trinajstić information content (AvgIpc) is 3.71. The number of rotatable bonds is 18. The van der Waals surface area contributed by atoms with Crippen molar-refractivity contribution in [3.05, 3.63) is 117 Å². The smallest absolute Gasteiger partial charge is 0.359 e. The van der Waals surface area contributed by atoms with Crippen LogP contribution in [0.1, 0.15) is 165 Å². The van der Waals surface area contributed by atoms with E-state index in [9.17, 15) is 24.0 Å². The largest absolute Gasteiger partial charge is 0.494 e. The van der Waals surface area contributed by atoms with Crippen LogP contribution in [-0.4, -0.2) is 81.1 Å². The van der Waals surface area contributed by atoms with E-state index in [4.69, 9.17) is 28.4 Å². The highest BCUT2D eigenvalue weighted by Crippen LogP contribution is 2.39. The summed E-state index contributed by atoms with van der Waals surface area (Å²) in [6, 6.07) is 22.6. The van der Waals surface area contributed by atoms with E-state index >= 15 is 0 Å². The number of allylic oxidation sites excluding steroid dienone is 1. The van der Waals surface area contributed by atoms with Crippen molar-refractivity contribution in [3.8, 4) is 49.0 Å². The zero-order chi connectivity index (χ0) is 56.1. The molecular weight excluding hydrogens is 1020 g/mol. The lowest BCUT2D eigenvalue weighted by Gasteiger charge is -2.19. The highest BCUT2D eigenvalue weighted by Gasteiger charge is 2.37. The summed E-state index contributed by atoms with van der Waals surface area (Å²) in [5, 5.41) is 2.03. The highest BCUT2D eigenvalue weighted by atomic mass is 32.1. The molecule has 0 unspecified atom stereocenters. The summed E-state index contributed by atoms with van der Waals surface area (Å²) >= 11 is 3.97. The van der Waals surface area contributed by atoms with Crippen molar-refractivity contribution in [3.63, 3.8) is 0 Å². The van der Waals surface area contributed by atoms with Crippen LogP contribution in [-0.2, 0) is 20.6 Å². The third-order valence-corrected chi connectivity index (χ3v) is 13.6. The number of ether oxygens (including phenoxy) is 6. The summed E-state index contributed by atoms with van der Waals surface area (Å²) in [7, 11) is 0. The first-order valence-corrected chi connectivity index (χ1v) is 27.8. The number of carbonyl (C=O) groups excluding carboxylic acids is 5. The Morgan fingerprint density at radius 3 is 1.20 bits per heavy atom. The van der Waals surface area contributed by atoms with E-state index in [1.807, 2.05) is 114 Å². The number of ketones is 2. The first kappa shape index (κ1) is 60.3. The Balaban J connectivity index is 0.000000211. The molecule has 17 heteroatoms. The zero-order valence-electron chi connectivity index (χ0n) is 46.2. The molecule has 3 heterocycles. The van der Waals surface area contributed by atoms with E-state index in [1.54, 1.807) is 61.5 Å². The van der Waals surface area contributed by atoms with Crippen molar-refractivity contribution in [2.45, 2.75) is 133 Å². The van der Waals surface area contributed by atoms with Crippen molar-refractivity contribution >= 4 is 63.5 Å². The second-order valence-electron chi connectivity index (χ2n) is 20.7. The molecule has 3 aromatic heterocycles. The number of thiazole rings is 3. The van der Waals surface area contributed by atoms with E-state index in [1.165, 1.54) is 34.0 Å². The van der Waals surface area contributed by atoms with Crippen molar-refractivity contribution in [2.75, 3.05) is 19.8 Å². The minimum absolute atomic E-state index is 0.000505. The first-order valence-electron chi connectivity index (χ1n) is 25.3. The maximum atomic E-state index is 12.6. The molecule has 6 aromatic rings. The minimum Gasteiger partial charge on any atom is -0.494 e. The van der Waals surface area contributed by atoms with Crippen LogP contribution in [0.15, 0.2) is 85.5 Å². The van der Waals surface area contributed by atoms with Crippen LogP contribution >= 0.6 is 34.0 Å². The Morgan fingerprint density at radius 1 is 0.539 bits per heavy atom. The lowest BCUT2D eigenvalue weighted by Crippen LogP contribution is -2.25. The number of nitrogens with zero attached hydrogens (tertiary/aromatic N) is 3. The molecule has 0 saturated heterocycles. The quantitative estimate of drug-likeness (QED) is 0.0343. The van der Waals surface area contributed by atoms with Crippen LogP contribution in [0, 0.1) is 11.8 Å². The normalized spacial score (nSPS) is 12.3. The molecule has 0 aliphatic heterocycles. The molecule has 406 valence electrons. The molecule has 0 amide bonds. The van der Waals surface area contributed by atoms with Gasteiger partial charge in [0.2, 0.25) is 0 Å².